The van der Waals surface area contributed by atoms with E-state index in [1.54, 1.807) is 0 Å². The third-order valence-corrected chi connectivity index (χ3v) is 2.71. The number of nitrogens with one attached hydrogen (secondary N) is 2. The topological polar surface area (TPSA) is 40.7 Å². The van der Waals surface area contributed by atoms with Crippen molar-refractivity contribution in [1.29, 1.82) is 0 Å². The van der Waals surface area contributed by atoms with E-state index in [4.69, 9.17) is 0 Å². The number of hydrogen-bond acceptors (Lipinski definition) is 2. The normalized spacial score (nSPS) is 21.0. The molecule has 0 amide bonds. The van der Waals surface area contributed by atoms with E-state index in [1.807, 2.05) is 0 Å². The third kappa shape index (κ3) is 1.63. The largest absolute Gasteiger partial charge is 0.364 e. The molecule has 0 saturated heterocycles. The van der Waals surface area contributed by atoms with Crippen molar-refractivity contribution in [3.05, 3.63) is 11.3 Å². The lowest BCUT2D eigenvalue weighted by molar-refractivity contribution is 0.627. The number of H-pyrrole nitrogens is 1. The van der Waals surface area contributed by atoms with Gasteiger partial charge in [0.15, 0.2) is 5.82 Å². The Labute approximate surface area is 85.3 Å². The van der Waals surface area contributed by atoms with Crippen molar-refractivity contribution in [3.63, 3.8) is 0 Å². The third-order valence-electron chi connectivity index (χ3n) is 2.71. The van der Waals surface area contributed by atoms with Gasteiger partial charge >= 0.3 is 0 Å². The summed E-state index contributed by atoms with van der Waals surface area (Å²) in [5, 5.41) is 10.9. The lowest BCUT2D eigenvalue weighted by atomic mass is 10.1. The SMILES string of the molecule is CC1CCc2c(NC(C)(C)C)n[nH]c21. The number of nitrogens with zero attached hydrogens (tertiary/aromatic N) is 1. The van der Waals surface area contributed by atoms with Gasteiger partial charge in [0.1, 0.15) is 0 Å². The Morgan fingerprint density at radius 2 is 2.14 bits per heavy atom. The zero-order valence-corrected chi connectivity index (χ0v) is 9.44. The number of aromatic amines is 1. The molecule has 2 N–H and O–H groups in total. The maximum Gasteiger partial charge on any atom is 0.151 e. The lowest BCUT2D eigenvalue weighted by Crippen LogP contribution is -2.26. The summed E-state index contributed by atoms with van der Waals surface area (Å²) >= 11 is 0. The van der Waals surface area contributed by atoms with Crippen molar-refractivity contribution < 1.29 is 0 Å². The van der Waals surface area contributed by atoms with Crippen molar-refractivity contribution in [2.45, 2.75) is 52.0 Å². The highest BCUT2D eigenvalue weighted by atomic mass is 15.2. The molecule has 0 aliphatic heterocycles. The Kier molecular flexibility index (Phi) is 2.05. The zero-order chi connectivity index (χ0) is 10.3. The van der Waals surface area contributed by atoms with E-state index in [1.165, 1.54) is 17.7 Å². The van der Waals surface area contributed by atoms with Crippen LogP contribution in [0.15, 0.2) is 0 Å². The van der Waals surface area contributed by atoms with Gasteiger partial charge in [0.2, 0.25) is 0 Å². The summed E-state index contributed by atoms with van der Waals surface area (Å²) < 4.78 is 0. The Bertz CT molecular complexity index is 333. The van der Waals surface area contributed by atoms with Gasteiger partial charge in [-0.1, -0.05) is 6.92 Å². The summed E-state index contributed by atoms with van der Waals surface area (Å²) in [6.45, 7) is 8.73. The highest BCUT2D eigenvalue weighted by molar-refractivity contribution is 5.51. The molecule has 0 fully saturated rings. The van der Waals surface area contributed by atoms with Gasteiger partial charge in [0.25, 0.3) is 0 Å². The monoisotopic (exact) mass is 193 g/mol. The van der Waals surface area contributed by atoms with Crippen molar-refractivity contribution >= 4 is 5.82 Å². The molecular weight excluding hydrogens is 174 g/mol. The van der Waals surface area contributed by atoms with Crippen LogP contribution in [0.2, 0.25) is 0 Å². The Morgan fingerprint density at radius 1 is 1.43 bits per heavy atom. The van der Waals surface area contributed by atoms with Crippen LogP contribution >= 0.6 is 0 Å². The van der Waals surface area contributed by atoms with Crippen LogP contribution in [0.25, 0.3) is 0 Å². The van der Waals surface area contributed by atoms with Gasteiger partial charge in [-0.15, -0.1) is 0 Å². The molecule has 14 heavy (non-hydrogen) atoms. The average molecular weight is 193 g/mol. The molecule has 3 nitrogen and oxygen atoms in total. The Balaban J connectivity index is 2.25. The number of anilines is 1. The van der Waals surface area contributed by atoms with E-state index < -0.39 is 0 Å². The predicted molar refractivity (Wildman–Crippen MR) is 58.7 cm³/mol. The first kappa shape index (κ1) is 9.56. The molecule has 0 aromatic carbocycles. The second-order valence-corrected chi connectivity index (χ2v) is 5.28. The van der Waals surface area contributed by atoms with Crippen LogP contribution in [0.3, 0.4) is 0 Å². The van der Waals surface area contributed by atoms with Crippen LogP contribution in [-0.2, 0) is 6.42 Å². The number of rotatable bonds is 1. The van der Waals surface area contributed by atoms with Crippen molar-refractivity contribution in [2.24, 2.45) is 0 Å². The number of aromatic nitrogens is 2. The lowest BCUT2D eigenvalue weighted by Gasteiger charge is -2.20. The van der Waals surface area contributed by atoms with E-state index >= 15 is 0 Å². The predicted octanol–water partition coefficient (Wildman–Crippen LogP) is 2.67. The molecule has 78 valence electrons. The fourth-order valence-electron chi connectivity index (χ4n) is 2.00. The van der Waals surface area contributed by atoms with Gasteiger partial charge in [-0.2, -0.15) is 5.10 Å². The fourth-order valence-corrected chi connectivity index (χ4v) is 2.00. The molecule has 0 bridgehead atoms. The standard InChI is InChI=1S/C11H19N3/c1-7-5-6-8-9(7)13-14-10(8)12-11(2,3)4/h7H,5-6H2,1-4H3,(H2,12,13,14). The van der Waals surface area contributed by atoms with Gasteiger partial charge in [0.05, 0.1) is 0 Å². The van der Waals surface area contributed by atoms with Gasteiger partial charge in [-0.3, -0.25) is 5.10 Å². The van der Waals surface area contributed by atoms with Gasteiger partial charge in [0, 0.05) is 16.8 Å². The summed E-state index contributed by atoms with van der Waals surface area (Å²) in [6.07, 6.45) is 2.41. The molecule has 1 atom stereocenters. The molecule has 1 unspecified atom stereocenters. The second-order valence-electron chi connectivity index (χ2n) is 5.28. The molecule has 2 rings (SSSR count). The van der Waals surface area contributed by atoms with Crippen molar-refractivity contribution in [3.8, 4) is 0 Å². The Hall–Kier alpha value is -0.990. The maximum atomic E-state index is 4.34. The molecule has 1 aromatic heterocycles. The van der Waals surface area contributed by atoms with Crippen LogP contribution in [0.4, 0.5) is 5.82 Å². The second kappa shape index (κ2) is 3.01. The van der Waals surface area contributed by atoms with E-state index in [-0.39, 0.29) is 5.54 Å². The molecule has 0 saturated carbocycles. The molecule has 1 aliphatic carbocycles. The van der Waals surface area contributed by atoms with Crippen LogP contribution < -0.4 is 5.32 Å². The first-order valence-electron chi connectivity index (χ1n) is 5.33. The maximum absolute atomic E-state index is 4.34. The molecule has 1 aliphatic rings. The first-order valence-corrected chi connectivity index (χ1v) is 5.33. The smallest absolute Gasteiger partial charge is 0.151 e. The quantitative estimate of drug-likeness (QED) is 0.720. The average Bonchev–Trinajstić information content (AvgIpc) is 2.55. The highest BCUT2D eigenvalue weighted by Gasteiger charge is 2.26. The van der Waals surface area contributed by atoms with Crippen LogP contribution in [-0.4, -0.2) is 15.7 Å². The first-order chi connectivity index (χ1) is 6.47. The van der Waals surface area contributed by atoms with Crippen molar-refractivity contribution in [2.75, 3.05) is 5.32 Å². The molecular formula is C11H19N3. The number of fused-ring (bicyclic) bond motifs is 1. The highest BCUT2D eigenvalue weighted by Crippen LogP contribution is 2.35. The summed E-state index contributed by atoms with van der Waals surface area (Å²) in [5.41, 5.74) is 2.82. The minimum atomic E-state index is 0.0921. The van der Waals surface area contributed by atoms with E-state index in [0.717, 1.165) is 12.2 Å². The Morgan fingerprint density at radius 3 is 2.79 bits per heavy atom. The summed E-state index contributed by atoms with van der Waals surface area (Å²) in [6, 6.07) is 0. The molecule has 1 heterocycles. The van der Waals surface area contributed by atoms with Gasteiger partial charge in [-0.05, 0) is 39.5 Å². The van der Waals surface area contributed by atoms with Crippen molar-refractivity contribution in [1.82, 2.24) is 10.2 Å². The molecule has 0 spiro atoms. The molecule has 1 aromatic rings. The minimum Gasteiger partial charge on any atom is -0.364 e. The summed E-state index contributed by atoms with van der Waals surface area (Å²) in [5.74, 6) is 1.70. The van der Waals surface area contributed by atoms with Crippen LogP contribution in [0.1, 0.15) is 51.3 Å². The minimum absolute atomic E-state index is 0.0921. The summed E-state index contributed by atoms with van der Waals surface area (Å²) in [4.78, 5) is 0. The van der Waals surface area contributed by atoms with Gasteiger partial charge in [-0.25, -0.2) is 0 Å². The van der Waals surface area contributed by atoms with E-state index in [0.29, 0.717) is 5.92 Å². The van der Waals surface area contributed by atoms with Crippen LogP contribution in [0, 0.1) is 0 Å². The molecule has 0 radical (unpaired) electrons. The van der Waals surface area contributed by atoms with Gasteiger partial charge < -0.3 is 5.32 Å². The van der Waals surface area contributed by atoms with Crippen LogP contribution in [0.5, 0.6) is 0 Å². The molecule has 3 heteroatoms. The summed E-state index contributed by atoms with van der Waals surface area (Å²) in [7, 11) is 0. The van der Waals surface area contributed by atoms with E-state index in [2.05, 4.69) is 43.2 Å². The number of hydrogen-bond donors (Lipinski definition) is 2. The zero-order valence-electron chi connectivity index (χ0n) is 9.44. The van der Waals surface area contributed by atoms with E-state index in [9.17, 15) is 0 Å². The fraction of sp³-hybridized carbons (Fsp3) is 0.727.